The first kappa shape index (κ1) is 21.8. The topological polar surface area (TPSA) is 66.0 Å². The van der Waals surface area contributed by atoms with Gasteiger partial charge in [-0.1, -0.05) is 54.6 Å². The van der Waals surface area contributed by atoms with Crippen molar-refractivity contribution < 1.29 is 9.53 Å². The standard InChI is InChI=1S/C24H32N4O2/c1-2-25-24(27-17-23(29)28-14-6-7-15-28)26-16-20-10-12-22(13-11-20)19-30-18-21-8-4-3-5-9-21/h3-5,8-13H,2,6-7,14-19H2,1H3,(H2,25,26,27). The molecule has 0 atom stereocenters. The Hall–Kier alpha value is -2.86. The average molecular weight is 409 g/mol. The minimum Gasteiger partial charge on any atom is -0.372 e. The summed E-state index contributed by atoms with van der Waals surface area (Å²) in [7, 11) is 0. The van der Waals surface area contributed by atoms with Gasteiger partial charge in [-0.25, -0.2) is 4.99 Å². The largest absolute Gasteiger partial charge is 0.372 e. The van der Waals surface area contributed by atoms with Crippen LogP contribution in [0.15, 0.2) is 59.6 Å². The highest BCUT2D eigenvalue weighted by Gasteiger charge is 2.17. The van der Waals surface area contributed by atoms with Crippen molar-refractivity contribution in [2.24, 2.45) is 4.99 Å². The summed E-state index contributed by atoms with van der Waals surface area (Å²) in [4.78, 5) is 18.7. The summed E-state index contributed by atoms with van der Waals surface area (Å²) < 4.78 is 5.79. The number of benzene rings is 2. The summed E-state index contributed by atoms with van der Waals surface area (Å²) in [5, 5.41) is 6.35. The molecule has 0 aliphatic carbocycles. The number of aliphatic imine (C=N–C) groups is 1. The number of carbonyl (C=O) groups is 1. The number of amides is 1. The van der Waals surface area contributed by atoms with Crippen LogP contribution < -0.4 is 10.6 Å². The Morgan fingerprint density at radius 3 is 2.23 bits per heavy atom. The lowest BCUT2D eigenvalue weighted by Gasteiger charge is -2.17. The van der Waals surface area contributed by atoms with Crippen LogP contribution in [0.25, 0.3) is 0 Å². The summed E-state index contributed by atoms with van der Waals surface area (Å²) >= 11 is 0. The third kappa shape index (κ3) is 7.19. The zero-order valence-corrected chi connectivity index (χ0v) is 17.8. The van der Waals surface area contributed by atoms with Gasteiger partial charge < -0.3 is 20.3 Å². The molecule has 1 amide bonds. The van der Waals surface area contributed by atoms with E-state index in [0.717, 1.165) is 43.6 Å². The van der Waals surface area contributed by atoms with Crippen molar-refractivity contribution in [1.29, 1.82) is 0 Å². The molecule has 1 saturated heterocycles. The Kier molecular flexibility index (Phi) is 8.72. The first-order valence-electron chi connectivity index (χ1n) is 10.7. The molecule has 0 aromatic heterocycles. The molecule has 1 aliphatic rings. The van der Waals surface area contributed by atoms with Gasteiger partial charge in [0.15, 0.2) is 5.96 Å². The number of rotatable bonds is 9. The molecule has 1 heterocycles. The fraction of sp³-hybridized carbons (Fsp3) is 0.417. The number of carbonyl (C=O) groups excluding carboxylic acids is 1. The van der Waals surface area contributed by atoms with Crippen LogP contribution in [0.1, 0.15) is 36.5 Å². The fourth-order valence-electron chi connectivity index (χ4n) is 3.35. The molecule has 6 nitrogen and oxygen atoms in total. The van der Waals surface area contributed by atoms with Crippen molar-refractivity contribution in [3.63, 3.8) is 0 Å². The maximum Gasteiger partial charge on any atom is 0.241 e. The van der Waals surface area contributed by atoms with Gasteiger partial charge in [0.05, 0.1) is 26.3 Å². The zero-order valence-electron chi connectivity index (χ0n) is 17.8. The summed E-state index contributed by atoms with van der Waals surface area (Å²) in [6, 6.07) is 18.5. The molecule has 2 aromatic carbocycles. The maximum atomic E-state index is 12.2. The summed E-state index contributed by atoms with van der Waals surface area (Å²) in [6.07, 6.45) is 2.21. The van der Waals surface area contributed by atoms with Gasteiger partial charge in [-0.2, -0.15) is 0 Å². The first-order chi connectivity index (χ1) is 14.7. The normalized spacial score (nSPS) is 14.0. The van der Waals surface area contributed by atoms with Crippen molar-refractivity contribution in [2.75, 3.05) is 26.2 Å². The second kappa shape index (κ2) is 12.0. The summed E-state index contributed by atoms with van der Waals surface area (Å²) in [5.74, 6) is 0.804. The van der Waals surface area contributed by atoms with E-state index in [0.29, 0.717) is 25.7 Å². The van der Waals surface area contributed by atoms with Crippen LogP contribution in [0.5, 0.6) is 0 Å². The highest BCUT2D eigenvalue weighted by atomic mass is 16.5. The second-order valence-corrected chi connectivity index (χ2v) is 7.43. The SMILES string of the molecule is CCNC(=NCc1ccc(COCc2ccccc2)cc1)NCC(=O)N1CCCC1. The van der Waals surface area contributed by atoms with E-state index in [9.17, 15) is 4.79 Å². The van der Waals surface area contributed by atoms with Crippen molar-refractivity contribution in [3.8, 4) is 0 Å². The van der Waals surface area contributed by atoms with Gasteiger partial charge in [0, 0.05) is 19.6 Å². The number of ether oxygens (including phenoxy) is 1. The molecule has 160 valence electrons. The smallest absolute Gasteiger partial charge is 0.241 e. The van der Waals surface area contributed by atoms with Crippen molar-refractivity contribution >= 4 is 11.9 Å². The predicted molar refractivity (Wildman–Crippen MR) is 120 cm³/mol. The fourth-order valence-corrected chi connectivity index (χ4v) is 3.35. The van der Waals surface area contributed by atoms with E-state index < -0.39 is 0 Å². The zero-order chi connectivity index (χ0) is 21.0. The van der Waals surface area contributed by atoms with Crippen molar-refractivity contribution in [2.45, 2.75) is 39.5 Å². The Balaban J connectivity index is 1.44. The highest BCUT2D eigenvalue weighted by Crippen LogP contribution is 2.09. The maximum absolute atomic E-state index is 12.2. The lowest BCUT2D eigenvalue weighted by molar-refractivity contribution is -0.128. The van der Waals surface area contributed by atoms with E-state index >= 15 is 0 Å². The number of nitrogens with zero attached hydrogens (tertiary/aromatic N) is 2. The molecule has 0 bridgehead atoms. The molecular weight excluding hydrogens is 376 g/mol. The molecule has 0 radical (unpaired) electrons. The molecule has 1 aliphatic heterocycles. The summed E-state index contributed by atoms with van der Waals surface area (Å²) in [5.41, 5.74) is 3.43. The first-order valence-corrected chi connectivity index (χ1v) is 10.7. The molecule has 2 aromatic rings. The number of guanidine groups is 1. The minimum atomic E-state index is 0.137. The summed E-state index contributed by atoms with van der Waals surface area (Å²) in [6.45, 7) is 6.54. The van der Waals surface area contributed by atoms with E-state index in [1.807, 2.05) is 30.0 Å². The monoisotopic (exact) mass is 408 g/mol. The molecule has 30 heavy (non-hydrogen) atoms. The number of hydrogen-bond acceptors (Lipinski definition) is 3. The number of likely N-dealkylation sites (tertiary alicyclic amines) is 1. The van der Waals surface area contributed by atoms with Crippen LogP contribution in [0.3, 0.4) is 0 Å². The molecular formula is C24H32N4O2. The van der Waals surface area contributed by atoms with Crippen LogP contribution in [0, 0.1) is 0 Å². The molecule has 6 heteroatoms. The Morgan fingerprint density at radius 2 is 1.57 bits per heavy atom. The molecule has 0 unspecified atom stereocenters. The third-order valence-corrected chi connectivity index (χ3v) is 5.03. The molecule has 3 rings (SSSR count). The highest BCUT2D eigenvalue weighted by molar-refractivity contribution is 5.86. The third-order valence-electron chi connectivity index (χ3n) is 5.03. The molecule has 2 N–H and O–H groups in total. The van der Waals surface area contributed by atoms with E-state index in [-0.39, 0.29) is 12.5 Å². The van der Waals surface area contributed by atoms with Crippen LogP contribution in [0.4, 0.5) is 0 Å². The van der Waals surface area contributed by atoms with E-state index in [1.165, 1.54) is 5.56 Å². The van der Waals surface area contributed by atoms with Gasteiger partial charge in [0.1, 0.15) is 0 Å². The van der Waals surface area contributed by atoms with Crippen molar-refractivity contribution in [3.05, 3.63) is 71.3 Å². The van der Waals surface area contributed by atoms with E-state index in [1.54, 1.807) is 0 Å². The molecule has 0 spiro atoms. The Morgan fingerprint density at radius 1 is 0.933 bits per heavy atom. The predicted octanol–water partition coefficient (Wildman–Crippen LogP) is 3.08. The minimum absolute atomic E-state index is 0.137. The molecule has 1 fully saturated rings. The quantitative estimate of drug-likeness (QED) is 0.494. The van der Waals surface area contributed by atoms with Gasteiger partial charge in [0.25, 0.3) is 0 Å². The van der Waals surface area contributed by atoms with E-state index in [2.05, 4.69) is 52.0 Å². The van der Waals surface area contributed by atoms with Crippen LogP contribution >= 0.6 is 0 Å². The van der Waals surface area contributed by atoms with Crippen LogP contribution in [0.2, 0.25) is 0 Å². The lowest BCUT2D eigenvalue weighted by Crippen LogP contribution is -2.44. The number of nitrogens with one attached hydrogen (secondary N) is 2. The van der Waals surface area contributed by atoms with Gasteiger partial charge in [-0.15, -0.1) is 0 Å². The van der Waals surface area contributed by atoms with Gasteiger partial charge in [-0.05, 0) is 36.5 Å². The van der Waals surface area contributed by atoms with Gasteiger partial charge >= 0.3 is 0 Å². The van der Waals surface area contributed by atoms with Gasteiger partial charge in [-0.3, -0.25) is 4.79 Å². The Labute approximate surface area is 179 Å². The van der Waals surface area contributed by atoms with Gasteiger partial charge in [0.2, 0.25) is 5.91 Å². The molecule has 0 saturated carbocycles. The van der Waals surface area contributed by atoms with Crippen LogP contribution in [-0.4, -0.2) is 42.9 Å². The Bertz CT molecular complexity index is 800. The van der Waals surface area contributed by atoms with Crippen LogP contribution in [-0.2, 0) is 29.3 Å². The second-order valence-electron chi connectivity index (χ2n) is 7.43. The van der Waals surface area contributed by atoms with E-state index in [4.69, 9.17) is 4.74 Å². The number of hydrogen-bond donors (Lipinski definition) is 2. The van der Waals surface area contributed by atoms with Crippen molar-refractivity contribution in [1.82, 2.24) is 15.5 Å². The lowest BCUT2D eigenvalue weighted by atomic mass is 10.1. The average Bonchev–Trinajstić information content (AvgIpc) is 3.32.